The fourth-order valence-electron chi connectivity index (χ4n) is 3.62. The molecule has 0 amide bonds. The predicted molar refractivity (Wildman–Crippen MR) is 117 cm³/mol. The Morgan fingerprint density at radius 1 is 1.03 bits per heavy atom. The average molecular weight is 470 g/mol. The summed E-state index contributed by atoms with van der Waals surface area (Å²) in [5, 5.41) is 4.29. The van der Waals surface area contributed by atoms with Gasteiger partial charge in [0.2, 0.25) is 0 Å². The van der Waals surface area contributed by atoms with Gasteiger partial charge < -0.3 is 14.8 Å². The number of halogens is 5. The molecule has 0 fully saturated rings. The fraction of sp³-hybridized carbons (Fsp3) is 0.190. The number of hydrogen-bond acceptors (Lipinski definition) is 1. The van der Waals surface area contributed by atoms with Crippen molar-refractivity contribution in [1.82, 2.24) is 9.47 Å². The monoisotopic (exact) mass is 469 g/mol. The molecule has 2 aromatic carbocycles. The first-order valence-corrected chi connectivity index (χ1v) is 10.3. The van der Waals surface area contributed by atoms with Crippen molar-refractivity contribution in [2.75, 3.05) is 11.9 Å². The molecule has 30 heavy (non-hydrogen) atoms. The van der Waals surface area contributed by atoms with E-state index in [1.165, 1.54) is 6.07 Å². The van der Waals surface area contributed by atoms with Crippen LogP contribution in [0.3, 0.4) is 0 Å². The van der Waals surface area contributed by atoms with Crippen LogP contribution in [-0.4, -0.2) is 21.1 Å². The molecule has 0 spiro atoms. The van der Waals surface area contributed by atoms with Gasteiger partial charge in [-0.2, -0.15) is 13.2 Å². The highest BCUT2D eigenvalue weighted by Gasteiger charge is 2.33. The van der Waals surface area contributed by atoms with Gasteiger partial charge in [0.05, 0.1) is 11.6 Å². The van der Waals surface area contributed by atoms with Gasteiger partial charge in [-0.25, -0.2) is 0 Å². The molecule has 2 heterocycles. The molecule has 3 nitrogen and oxygen atoms in total. The summed E-state index contributed by atoms with van der Waals surface area (Å²) in [5.41, 5.74) is 1.34. The molecule has 156 valence electrons. The van der Waals surface area contributed by atoms with E-state index >= 15 is 0 Å². The van der Waals surface area contributed by atoms with Gasteiger partial charge in [-0.05, 0) is 60.2 Å². The molecule has 0 radical (unpaired) electrons. The molecule has 0 saturated carbocycles. The van der Waals surface area contributed by atoms with E-state index in [2.05, 4.69) is 9.88 Å². The number of anilines is 1. The van der Waals surface area contributed by atoms with Crippen LogP contribution in [-0.2, 0) is 12.7 Å². The lowest BCUT2D eigenvalue weighted by Gasteiger charge is -2.39. The van der Waals surface area contributed by atoms with Crippen LogP contribution in [0.5, 0.6) is 0 Å². The van der Waals surface area contributed by atoms with Crippen molar-refractivity contribution in [3.8, 4) is 0 Å². The van der Waals surface area contributed by atoms with Gasteiger partial charge in [-0.1, -0.05) is 35.3 Å². The van der Waals surface area contributed by atoms with E-state index in [-0.39, 0.29) is 11.7 Å². The van der Waals surface area contributed by atoms with E-state index < -0.39 is 11.7 Å². The molecule has 1 aromatic heterocycles. The normalized spacial score (nSPS) is 16.3. The van der Waals surface area contributed by atoms with E-state index in [4.69, 9.17) is 35.4 Å². The van der Waals surface area contributed by atoms with Crippen LogP contribution >= 0.6 is 35.4 Å². The Bertz CT molecular complexity index is 1100. The second-order valence-corrected chi connectivity index (χ2v) is 8.13. The summed E-state index contributed by atoms with van der Waals surface area (Å²) in [6, 6.07) is 13.9. The molecule has 4 rings (SSSR count). The minimum atomic E-state index is -4.43. The van der Waals surface area contributed by atoms with E-state index in [9.17, 15) is 13.2 Å². The number of benzene rings is 2. The molecule has 1 atom stereocenters. The van der Waals surface area contributed by atoms with Gasteiger partial charge in [0.25, 0.3) is 0 Å². The number of rotatable bonds is 2. The summed E-state index contributed by atoms with van der Waals surface area (Å²) < 4.78 is 41.3. The summed E-state index contributed by atoms with van der Waals surface area (Å²) in [7, 11) is 0. The quantitative estimate of drug-likeness (QED) is 0.426. The van der Waals surface area contributed by atoms with Crippen molar-refractivity contribution < 1.29 is 13.2 Å². The molecule has 9 heteroatoms. The van der Waals surface area contributed by atoms with Gasteiger partial charge in [-0.15, -0.1) is 0 Å². The van der Waals surface area contributed by atoms with Gasteiger partial charge in [-0.3, -0.25) is 0 Å². The van der Waals surface area contributed by atoms with Crippen LogP contribution in [0.25, 0.3) is 0 Å². The summed E-state index contributed by atoms with van der Waals surface area (Å²) in [5.74, 6) is 0. The topological polar surface area (TPSA) is 20.2 Å². The van der Waals surface area contributed by atoms with Crippen molar-refractivity contribution in [2.45, 2.75) is 18.8 Å². The molecule has 1 N–H and O–H groups in total. The number of hydrogen-bond donors (Lipinski definition) is 1. The Morgan fingerprint density at radius 3 is 2.57 bits per heavy atom. The number of nitrogens with zero attached hydrogens (tertiary/aromatic N) is 2. The Kier molecular flexibility index (Phi) is 5.70. The smallest absolute Gasteiger partial charge is 0.348 e. The first-order valence-electron chi connectivity index (χ1n) is 9.09. The molecule has 3 aromatic rings. The summed E-state index contributed by atoms with van der Waals surface area (Å²) in [6.07, 6.45) is -2.45. The third-order valence-electron chi connectivity index (χ3n) is 5.00. The number of alkyl halides is 3. The Labute approximate surface area is 187 Å². The molecular weight excluding hydrogens is 454 g/mol. The van der Waals surface area contributed by atoms with E-state index in [1.54, 1.807) is 18.2 Å². The first-order chi connectivity index (χ1) is 14.2. The average Bonchev–Trinajstić information content (AvgIpc) is 3.16. The highest BCUT2D eigenvalue weighted by Crippen LogP contribution is 2.38. The number of nitrogens with one attached hydrogen (secondary N) is 1. The number of aromatic nitrogens is 1. The van der Waals surface area contributed by atoms with E-state index in [0.717, 1.165) is 23.4 Å². The zero-order valence-electron chi connectivity index (χ0n) is 15.5. The summed E-state index contributed by atoms with van der Waals surface area (Å²) >= 11 is 18.1. The molecule has 0 saturated heterocycles. The molecule has 0 aliphatic carbocycles. The maximum atomic E-state index is 13.1. The molecule has 0 unspecified atom stereocenters. The minimum absolute atomic E-state index is 0.275. The molecule has 0 bridgehead atoms. The van der Waals surface area contributed by atoms with Crippen LogP contribution in [0.1, 0.15) is 22.9 Å². The second kappa shape index (κ2) is 8.13. The largest absolute Gasteiger partial charge is 0.416 e. The van der Waals surface area contributed by atoms with Crippen molar-refractivity contribution >= 4 is 46.2 Å². The molecule has 1 aliphatic heterocycles. The maximum Gasteiger partial charge on any atom is 0.416 e. The maximum absolute atomic E-state index is 13.1. The van der Waals surface area contributed by atoms with Crippen molar-refractivity contribution in [3.63, 3.8) is 0 Å². The van der Waals surface area contributed by atoms with Crippen molar-refractivity contribution in [1.29, 1.82) is 0 Å². The Hall–Kier alpha value is -2.22. The minimum Gasteiger partial charge on any atom is -0.348 e. The van der Waals surface area contributed by atoms with Crippen LogP contribution in [0.2, 0.25) is 10.0 Å². The van der Waals surface area contributed by atoms with Crippen molar-refractivity contribution in [2.24, 2.45) is 0 Å². The third kappa shape index (κ3) is 4.15. The van der Waals surface area contributed by atoms with Crippen LogP contribution < -0.4 is 5.32 Å². The zero-order valence-corrected chi connectivity index (χ0v) is 17.8. The standard InChI is InChI=1S/C21H16Cl2F3N3S/c22-14-6-7-16(17(23)12-14)19-18-5-2-8-28(18)9-10-29(19)20(30)27-15-4-1-3-13(11-15)21(24,25)26/h1-8,11-12,19H,9-10H2,(H,27,30)/t19-/m0/s1. The van der Waals surface area contributed by atoms with Crippen LogP contribution in [0, 0.1) is 0 Å². The molecular formula is C21H16Cl2F3N3S. The lowest BCUT2D eigenvalue weighted by molar-refractivity contribution is -0.137. The fourth-order valence-corrected chi connectivity index (χ4v) is 4.45. The number of fused-ring (bicyclic) bond motifs is 1. The Morgan fingerprint density at radius 2 is 1.83 bits per heavy atom. The van der Waals surface area contributed by atoms with Gasteiger partial charge >= 0.3 is 6.18 Å². The van der Waals surface area contributed by atoms with Crippen LogP contribution in [0.4, 0.5) is 18.9 Å². The van der Waals surface area contributed by atoms with Crippen molar-refractivity contribution in [3.05, 3.63) is 87.7 Å². The highest BCUT2D eigenvalue weighted by molar-refractivity contribution is 7.80. The SMILES string of the molecule is FC(F)(F)c1cccc(NC(=S)N2CCn3cccc3[C@@H]2c2ccc(Cl)cc2Cl)c1. The summed E-state index contributed by atoms with van der Waals surface area (Å²) in [4.78, 5) is 1.93. The highest BCUT2D eigenvalue weighted by atomic mass is 35.5. The van der Waals surface area contributed by atoms with Crippen LogP contribution in [0.15, 0.2) is 60.8 Å². The zero-order chi connectivity index (χ0) is 21.5. The predicted octanol–water partition coefficient (Wildman–Crippen LogP) is 6.62. The number of thiocarbonyl (C=S) groups is 1. The molecule has 1 aliphatic rings. The first kappa shape index (κ1) is 21.0. The van der Waals surface area contributed by atoms with Gasteiger partial charge in [0.1, 0.15) is 0 Å². The lowest BCUT2D eigenvalue weighted by atomic mass is 10.00. The summed E-state index contributed by atoms with van der Waals surface area (Å²) in [6.45, 7) is 1.25. The Balaban J connectivity index is 1.67. The van der Waals surface area contributed by atoms with Gasteiger partial charge in [0, 0.05) is 40.7 Å². The second-order valence-electron chi connectivity index (χ2n) is 6.90. The lowest BCUT2D eigenvalue weighted by Crippen LogP contribution is -2.44. The third-order valence-corrected chi connectivity index (χ3v) is 5.90. The van der Waals surface area contributed by atoms with Gasteiger partial charge in [0.15, 0.2) is 5.11 Å². The van der Waals surface area contributed by atoms with E-state index in [1.807, 2.05) is 29.3 Å². The van der Waals surface area contributed by atoms with E-state index in [0.29, 0.717) is 28.2 Å².